The summed E-state index contributed by atoms with van der Waals surface area (Å²) in [5.74, 6) is 0. The number of fused-ring (bicyclic) bond motifs is 1. The molecule has 1 aromatic heterocycles. The van der Waals surface area contributed by atoms with Crippen molar-refractivity contribution < 1.29 is 13.6 Å². The summed E-state index contributed by atoms with van der Waals surface area (Å²) in [7, 11) is -3.49. The van der Waals surface area contributed by atoms with Crippen molar-refractivity contribution >= 4 is 20.9 Å². The standard InChI is InChI=1S/C8H8N2O3S/c1-14(12,13)8-9-6-4-2-3-5-7(6)10(8)11/h2-5,11H,1H3. The number of hydrogen-bond donors (Lipinski definition) is 1. The summed E-state index contributed by atoms with van der Waals surface area (Å²) in [6.07, 6.45) is 1.00. The maximum atomic E-state index is 11.2. The van der Waals surface area contributed by atoms with Gasteiger partial charge in [0.05, 0.1) is 5.52 Å². The maximum absolute atomic E-state index is 11.2. The maximum Gasteiger partial charge on any atom is 0.262 e. The van der Waals surface area contributed by atoms with E-state index in [1.54, 1.807) is 24.3 Å². The molecule has 0 saturated heterocycles. The molecule has 0 bridgehead atoms. The first-order valence-electron chi connectivity index (χ1n) is 3.87. The van der Waals surface area contributed by atoms with Crippen molar-refractivity contribution in [1.82, 2.24) is 9.71 Å². The second-order valence-electron chi connectivity index (χ2n) is 2.97. The van der Waals surface area contributed by atoms with Crippen LogP contribution < -0.4 is 0 Å². The fourth-order valence-electron chi connectivity index (χ4n) is 1.23. The van der Waals surface area contributed by atoms with Crippen molar-refractivity contribution in [1.29, 1.82) is 0 Å². The molecule has 6 heteroatoms. The highest BCUT2D eigenvalue weighted by atomic mass is 32.2. The molecule has 0 spiro atoms. The van der Waals surface area contributed by atoms with E-state index >= 15 is 0 Å². The molecule has 14 heavy (non-hydrogen) atoms. The number of nitrogens with zero attached hydrogens (tertiary/aromatic N) is 2. The number of imidazole rings is 1. The number of aromatic nitrogens is 2. The molecule has 74 valence electrons. The summed E-state index contributed by atoms with van der Waals surface area (Å²) in [6, 6.07) is 6.65. The second-order valence-corrected chi connectivity index (χ2v) is 4.88. The second kappa shape index (κ2) is 2.71. The van der Waals surface area contributed by atoms with Gasteiger partial charge in [-0.3, -0.25) is 0 Å². The zero-order valence-corrected chi connectivity index (χ0v) is 8.19. The molecule has 0 aliphatic heterocycles. The summed E-state index contributed by atoms with van der Waals surface area (Å²) < 4.78 is 22.9. The van der Waals surface area contributed by atoms with Crippen LogP contribution in [0.3, 0.4) is 0 Å². The van der Waals surface area contributed by atoms with Crippen LogP contribution in [-0.4, -0.2) is 29.6 Å². The van der Waals surface area contributed by atoms with Gasteiger partial charge in [0.1, 0.15) is 5.52 Å². The van der Waals surface area contributed by atoms with E-state index < -0.39 is 9.84 Å². The van der Waals surface area contributed by atoms with Crippen molar-refractivity contribution in [3.8, 4) is 0 Å². The van der Waals surface area contributed by atoms with Crippen molar-refractivity contribution in [3.63, 3.8) is 0 Å². The number of hydrogen-bond acceptors (Lipinski definition) is 4. The molecule has 0 fully saturated rings. The Labute approximate surface area is 80.5 Å². The molecule has 1 aromatic carbocycles. The molecule has 5 nitrogen and oxygen atoms in total. The monoisotopic (exact) mass is 212 g/mol. The van der Waals surface area contributed by atoms with E-state index in [-0.39, 0.29) is 5.16 Å². The SMILES string of the molecule is CS(=O)(=O)c1nc2ccccc2n1O. The van der Waals surface area contributed by atoms with Crippen molar-refractivity contribution in [3.05, 3.63) is 24.3 Å². The van der Waals surface area contributed by atoms with Crippen molar-refractivity contribution in [2.75, 3.05) is 6.26 Å². The van der Waals surface area contributed by atoms with Gasteiger partial charge in [0.15, 0.2) is 0 Å². The van der Waals surface area contributed by atoms with Crippen LogP contribution in [-0.2, 0) is 9.84 Å². The first-order chi connectivity index (χ1) is 6.50. The molecule has 2 rings (SSSR count). The van der Waals surface area contributed by atoms with E-state index in [0.717, 1.165) is 6.26 Å². The molecule has 0 amide bonds. The normalized spacial score (nSPS) is 12.1. The highest BCUT2D eigenvalue weighted by molar-refractivity contribution is 7.90. The number of sulfone groups is 1. The van der Waals surface area contributed by atoms with Crippen LogP contribution >= 0.6 is 0 Å². The van der Waals surface area contributed by atoms with Gasteiger partial charge in [0.2, 0.25) is 9.84 Å². The molecular formula is C8H8N2O3S. The lowest BCUT2D eigenvalue weighted by Crippen LogP contribution is -2.06. The third-order valence-electron chi connectivity index (χ3n) is 1.84. The predicted octanol–water partition coefficient (Wildman–Crippen LogP) is 0.677. The highest BCUT2D eigenvalue weighted by Gasteiger charge is 2.18. The van der Waals surface area contributed by atoms with Gasteiger partial charge in [-0.15, -0.1) is 0 Å². The molecule has 0 atom stereocenters. The van der Waals surface area contributed by atoms with E-state index in [1.807, 2.05) is 0 Å². The summed E-state index contributed by atoms with van der Waals surface area (Å²) in [4.78, 5) is 3.81. The minimum absolute atomic E-state index is 0.335. The average molecular weight is 212 g/mol. The van der Waals surface area contributed by atoms with Crippen molar-refractivity contribution in [2.45, 2.75) is 5.16 Å². The summed E-state index contributed by atoms with van der Waals surface area (Å²) >= 11 is 0. The Hall–Kier alpha value is -1.56. The first-order valence-corrected chi connectivity index (χ1v) is 5.76. The van der Waals surface area contributed by atoms with Gasteiger partial charge in [-0.05, 0) is 12.1 Å². The van der Waals surface area contributed by atoms with E-state index in [9.17, 15) is 13.6 Å². The Kier molecular flexibility index (Phi) is 1.75. The fraction of sp³-hybridized carbons (Fsp3) is 0.125. The van der Waals surface area contributed by atoms with Gasteiger partial charge >= 0.3 is 0 Å². The summed E-state index contributed by atoms with van der Waals surface area (Å²) in [6.45, 7) is 0. The Morgan fingerprint density at radius 1 is 1.36 bits per heavy atom. The third-order valence-corrected chi connectivity index (χ3v) is 2.77. The van der Waals surface area contributed by atoms with Crippen molar-refractivity contribution in [2.24, 2.45) is 0 Å². The van der Waals surface area contributed by atoms with Gasteiger partial charge in [-0.25, -0.2) is 13.4 Å². The molecule has 0 aliphatic rings. The highest BCUT2D eigenvalue weighted by Crippen LogP contribution is 2.16. The van der Waals surface area contributed by atoms with Crippen LogP contribution in [0.15, 0.2) is 29.4 Å². The van der Waals surface area contributed by atoms with Crippen LogP contribution in [0.2, 0.25) is 0 Å². The third kappa shape index (κ3) is 1.24. The van der Waals surface area contributed by atoms with Crippen LogP contribution in [0.25, 0.3) is 11.0 Å². The van der Waals surface area contributed by atoms with Crippen LogP contribution in [0.5, 0.6) is 0 Å². The molecule has 1 heterocycles. The lowest BCUT2D eigenvalue weighted by Gasteiger charge is -1.96. The van der Waals surface area contributed by atoms with E-state index in [4.69, 9.17) is 0 Å². The lowest BCUT2D eigenvalue weighted by atomic mass is 10.3. The Bertz CT molecular complexity index is 586. The fourth-order valence-corrected chi connectivity index (χ4v) is 1.91. The Morgan fingerprint density at radius 3 is 2.57 bits per heavy atom. The Morgan fingerprint density at radius 2 is 2.00 bits per heavy atom. The van der Waals surface area contributed by atoms with E-state index in [2.05, 4.69) is 4.98 Å². The lowest BCUT2D eigenvalue weighted by molar-refractivity contribution is 0.170. The number of rotatable bonds is 1. The van der Waals surface area contributed by atoms with Crippen LogP contribution in [0, 0.1) is 0 Å². The zero-order valence-electron chi connectivity index (χ0n) is 7.38. The van der Waals surface area contributed by atoms with Gasteiger partial charge in [-0.1, -0.05) is 12.1 Å². The summed E-state index contributed by atoms with van der Waals surface area (Å²) in [5.41, 5.74) is 0.836. The molecule has 1 N–H and O–H groups in total. The van der Waals surface area contributed by atoms with E-state index in [0.29, 0.717) is 15.8 Å². The van der Waals surface area contributed by atoms with Gasteiger partial charge in [0.25, 0.3) is 5.16 Å². The predicted molar refractivity (Wildman–Crippen MR) is 50.0 cm³/mol. The number of para-hydroxylation sites is 2. The molecule has 2 aromatic rings. The van der Waals surface area contributed by atoms with E-state index in [1.165, 1.54) is 0 Å². The Balaban J connectivity index is 2.89. The summed E-state index contributed by atoms with van der Waals surface area (Å²) in [5, 5.41) is 9.17. The average Bonchev–Trinajstić information content (AvgIpc) is 2.44. The smallest absolute Gasteiger partial charge is 0.262 e. The van der Waals surface area contributed by atoms with Gasteiger partial charge < -0.3 is 5.21 Å². The first kappa shape index (κ1) is 9.01. The zero-order chi connectivity index (χ0) is 10.3. The minimum Gasteiger partial charge on any atom is -0.426 e. The van der Waals surface area contributed by atoms with Crippen LogP contribution in [0.4, 0.5) is 0 Å². The van der Waals surface area contributed by atoms with Gasteiger partial charge in [0, 0.05) is 6.26 Å². The molecular weight excluding hydrogens is 204 g/mol. The molecule has 0 radical (unpaired) electrons. The number of benzene rings is 1. The minimum atomic E-state index is -3.49. The quantitative estimate of drug-likeness (QED) is 0.705. The molecule has 0 aliphatic carbocycles. The topological polar surface area (TPSA) is 72.2 Å². The molecule has 0 saturated carbocycles. The largest absolute Gasteiger partial charge is 0.426 e. The van der Waals surface area contributed by atoms with Gasteiger partial charge in [-0.2, -0.15) is 4.73 Å². The molecule has 0 unspecified atom stereocenters. The van der Waals surface area contributed by atoms with Crippen LogP contribution in [0.1, 0.15) is 0 Å².